The predicted octanol–water partition coefficient (Wildman–Crippen LogP) is 3.58. The molecular formula is C23H28N2O2. The highest BCUT2D eigenvalue weighted by Crippen LogP contribution is 2.37. The van der Waals surface area contributed by atoms with Crippen LogP contribution in [0.15, 0.2) is 42.5 Å². The molecule has 4 atom stereocenters. The molecule has 4 nitrogen and oxygen atoms in total. The van der Waals surface area contributed by atoms with Crippen LogP contribution in [0.4, 0.5) is 0 Å². The van der Waals surface area contributed by atoms with Gasteiger partial charge in [0, 0.05) is 18.5 Å². The van der Waals surface area contributed by atoms with Gasteiger partial charge in [0.15, 0.2) is 0 Å². The van der Waals surface area contributed by atoms with Crippen molar-refractivity contribution in [1.29, 1.82) is 0 Å². The Morgan fingerprint density at radius 3 is 2.81 bits per heavy atom. The standard InChI is InChI=1S/C23H28N2O2/c1-2-15-12-23(27)25-21-14-18(10-11-20(15)21)24-22(26)13-17-8-5-7-16-6-3-4-9-19(16)17/h3-9,15,18,20-21H,2,10-14H2,1H3,(H,24,26)(H,25,27). The van der Waals surface area contributed by atoms with Crippen LogP contribution >= 0.6 is 0 Å². The Morgan fingerprint density at radius 2 is 1.96 bits per heavy atom. The summed E-state index contributed by atoms with van der Waals surface area (Å²) in [5.41, 5.74) is 1.07. The number of hydrogen-bond acceptors (Lipinski definition) is 2. The first-order valence-electron chi connectivity index (χ1n) is 10.2. The van der Waals surface area contributed by atoms with Crippen molar-refractivity contribution in [3.63, 3.8) is 0 Å². The van der Waals surface area contributed by atoms with E-state index in [1.54, 1.807) is 0 Å². The molecule has 2 aromatic rings. The normalized spacial score (nSPS) is 27.7. The van der Waals surface area contributed by atoms with Crippen LogP contribution in [0.5, 0.6) is 0 Å². The van der Waals surface area contributed by atoms with Crippen LogP contribution in [0.1, 0.15) is 44.6 Å². The first-order valence-corrected chi connectivity index (χ1v) is 10.2. The lowest BCUT2D eigenvalue weighted by atomic mass is 9.70. The molecule has 1 heterocycles. The van der Waals surface area contributed by atoms with E-state index in [9.17, 15) is 9.59 Å². The van der Waals surface area contributed by atoms with Gasteiger partial charge < -0.3 is 10.6 Å². The summed E-state index contributed by atoms with van der Waals surface area (Å²) in [7, 11) is 0. The van der Waals surface area contributed by atoms with Gasteiger partial charge in [-0.05, 0) is 47.4 Å². The lowest BCUT2D eigenvalue weighted by molar-refractivity contribution is -0.127. The van der Waals surface area contributed by atoms with E-state index in [-0.39, 0.29) is 23.9 Å². The van der Waals surface area contributed by atoms with Crippen LogP contribution < -0.4 is 10.6 Å². The van der Waals surface area contributed by atoms with Gasteiger partial charge in [-0.1, -0.05) is 55.8 Å². The van der Waals surface area contributed by atoms with E-state index >= 15 is 0 Å². The third kappa shape index (κ3) is 3.85. The molecule has 4 unspecified atom stereocenters. The molecule has 1 aliphatic heterocycles. The minimum absolute atomic E-state index is 0.0731. The first-order chi connectivity index (χ1) is 13.1. The van der Waals surface area contributed by atoms with Crippen LogP contribution in [-0.2, 0) is 16.0 Å². The van der Waals surface area contributed by atoms with Crippen molar-refractivity contribution < 1.29 is 9.59 Å². The smallest absolute Gasteiger partial charge is 0.224 e. The Hall–Kier alpha value is -2.36. The maximum absolute atomic E-state index is 12.7. The number of carbonyl (C=O) groups is 2. The van der Waals surface area contributed by atoms with Crippen LogP contribution in [0.2, 0.25) is 0 Å². The van der Waals surface area contributed by atoms with Crippen molar-refractivity contribution in [3.8, 4) is 0 Å². The fourth-order valence-corrected chi connectivity index (χ4v) is 5.06. The van der Waals surface area contributed by atoms with Gasteiger partial charge in [0.25, 0.3) is 0 Å². The Kier molecular flexibility index (Phi) is 5.15. The summed E-state index contributed by atoms with van der Waals surface area (Å²) < 4.78 is 0. The second-order valence-corrected chi connectivity index (χ2v) is 8.10. The van der Waals surface area contributed by atoms with Crippen molar-refractivity contribution in [2.45, 2.75) is 57.5 Å². The van der Waals surface area contributed by atoms with Crippen LogP contribution in [0.3, 0.4) is 0 Å². The summed E-state index contributed by atoms with van der Waals surface area (Å²) in [6.07, 6.45) is 5.07. The summed E-state index contributed by atoms with van der Waals surface area (Å²) in [6.45, 7) is 2.18. The van der Waals surface area contributed by atoms with E-state index in [2.05, 4.69) is 35.8 Å². The summed E-state index contributed by atoms with van der Waals surface area (Å²) in [5, 5.41) is 8.70. The van der Waals surface area contributed by atoms with Gasteiger partial charge in [-0.3, -0.25) is 9.59 Å². The second kappa shape index (κ2) is 7.71. The van der Waals surface area contributed by atoms with E-state index in [1.165, 1.54) is 5.39 Å². The third-order valence-corrected chi connectivity index (χ3v) is 6.42. The fourth-order valence-electron chi connectivity index (χ4n) is 5.06. The van der Waals surface area contributed by atoms with E-state index in [0.29, 0.717) is 24.7 Å². The summed E-state index contributed by atoms with van der Waals surface area (Å²) in [6, 6.07) is 14.7. The zero-order valence-corrected chi connectivity index (χ0v) is 15.9. The Bertz CT molecular complexity index is 842. The van der Waals surface area contributed by atoms with Crippen LogP contribution in [0.25, 0.3) is 10.8 Å². The highest BCUT2D eigenvalue weighted by atomic mass is 16.2. The molecular weight excluding hydrogens is 336 g/mol. The number of amides is 2. The average Bonchev–Trinajstić information content (AvgIpc) is 2.67. The summed E-state index contributed by atoms with van der Waals surface area (Å²) >= 11 is 0. The van der Waals surface area contributed by atoms with E-state index < -0.39 is 0 Å². The first kappa shape index (κ1) is 18.0. The SMILES string of the molecule is CCC1CC(=O)NC2CC(NC(=O)Cc3cccc4ccccc34)CCC12. The third-order valence-electron chi connectivity index (χ3n) is 6.42. The minimum Gasteiger partial charge on any atom is -0.353 e. The molecule has 0 bridgehead atoms. The fraction of sp³-hybridized carbons (Fsp3) is 0.478. The molecule has 1 saturated heterocycles. The average molecular weight is 364 g/mol. The van der Waals surface area contributed by atoms with Crippen molar-refractivity contribution in [2.75, 3.05) is 0 Å². The molecule has 2 fully saturated rings. The Balaban J connectivity index is 1.39. The monoisotopic (exact) mass is 364 g/mol. The van der Waals surface area contributed by atoms with Gasteiger partial charge >= 0.3 is 0 Å². The largest absolute Gasteiger partial charge is 0.353 e. The van der Waals surface area contributed by atoms with Gasteiger partial charge in [0.2, 0.25) is 11.8 Å². The zero-order chi connectivity index (χ0) is 18.8. The lowest BCUT2D eigenvalue weighted by Crippen LogP contribution is -2.55. The molecule has 4 rings (SSSR count). The molecule has 1 saturated carbocycles. The quantitative estimate of drug-likeness (QED) is 0.871. The summed E-state index contributed by atoms with van der Waals surface area (Å²) in [4.78, 5) is 24.7. The van der Waals surface area contributed by atoms with E-state index in [0.717, 1.165) is 36.6 Å². The van der Waals surface area contributed by atoms with Gasteiger partial charge in [-0.25, -0.2) is 0 Å². The molecule has 27 heavy (non-hydrogen) atoms. The number of rotatable bonds is 4. The molecule has 2 aliphatic rings. The molecule has 2 amide bonds. The maximum Gasteiger partial charge on any atom is 0.224 e. The topological polar surface area (TPSA) is 58.2 Å². The van der Waals surface area contributed by atoms with Gasteiger partial charge in [-0.2, -0.15) is 0 Å². The highest BCUT2D eigenvalue weighted by molar-refractivity contribution is 5.90. The van der Waals surface area contributed by atoms with Crippen LogP contribution in [-0.4, -0.2) is 23.9 Å². The second-order valence-electron chi connectivity index (χ2n) is 8.10. The summed E-state index contributed by atoms with van der Waals surface area (Å²) in [5.74, 6) is 1.31. The number of hydrogen-bond donors (Lipinski definition) is 2. The highest BCUT2D eigenvalue weighted by Gasteiger charge is 2.40. The number of benzene rings is 2. The van der Waals surface area contributed by atoms with E-state index in [4.69, 9.17) is 0 Å². The van der Waals surface area contributed by atoms with Gasteiger partial charge in [0.1, 0.15) is 0 Å². The molecule has 1 aliphatic carbocycles. The van der Waals surface area contributed by atoms with Crippen molar-refractivity contribution in [3.05, 3.63) is 48.0 Å². The van der Waals surface area contributed by atoms with Gasteiger partial charge in [-0.15, -0.1) is 0 Å². The molecule has 2 N–H and O–H groups in total. The van der Waals surface area contributed by atoms with Crippen molar-refractivity contribution >= 4 is 22.6 Å². The molecule has 4 heteroatoms. The zero-order valence-electron chi connectivity index (χ0n) is 15.9. The maximum atomic E-state index is 12.7. The van der Waals surface area contributed by atoms with E-state index in [1.807, 2.05) is 24.3 Å². The minimum atomic E-state index is 0.0731. The Morgan fingerprint density at radius 1 is 1.15 bits per heavy atom. The number of fused-ring (bicyclic) bond motifs is 2. The van der Waals surface area contributed by atoms with Crippen LogP contribution in [0, 0.1) is 11.8 Å². The number of carbonyl (C=O) groups excluding carboxylic acids is 2. The van der Waals surface area contributed by atoms with Crippen molar-refractivity contribution in [1.82, 2.24) is 10.6 Å². The molecule has 0 radical (unpaired) electrons. The molecule has 0 spiro atoms. The molecule has 2 aromatic carbocycles. The number of nitrogens with one attached hydrogen (secondary N) is 2. The van der Waals surface area contributed by atoms with Gasteiger partial charge in [0.05, 0.1) is 6.42 Å². The predicted molar refractivity (Wildman–Crippen MR) is 107 cm³/mol. The molecule has 142 valence electrons. The Labute approximate surface area is 160 Å². The molecule has 0 aromatic heterocycles. The lowest BCUT2D eigenvalue weighted by Gasteiger charge is -2.44. The van der Waals surface area contributed by atoms with Crippen molar-refractivity contribution in [2.24, 2.45) is 11.8 Å². The number of piperidine rings is 1.